The number of carbonyl (C=O) groups excluding carboxylic acids is 2. The van der Waals surface area contributed by atoms with Crippen molar-refractivity contribution < 1.29 is 19.1 Å². The second-order valence-corrected chi connectivity index (χ2v) is 8.23. The van der Waals surface area contributed by atoms with Gasteiger partial charge in [0.25, 0.3) is 11.8 Å². The van der Waals surface area contributed by atoms with Gasteiger partial charge >= 0.3 is 0 Å². The molecule has 0 aliphatic heterocycles. The third kappa shape index (κ3) is 7.10. The number of halogens is 2. The maximum Gasteiger partial charge on any atom is 0.266 e. The Balaban J connectivity index is 1.72. The molecule has 7 nitrogen and oxygen atoms in total. The molecule has 0 saturated carbocycles. The molecule has 0 aliphatic rings. The minimum absolute atomic E-state index is 0.135. The van der Waals surface area contributed by atoms with E-state index in [1.807, 2.05) is 6.07 Å². The Labute approximate surface area is 210 Å². The summed E-state index contributed by atoms with van der Waals surface area (Å²) < 4.78 is 11.5. The Morgan fingerprint density at radius 1 is 1.03 bits per heavy atom. The van der Waals surface area contributed by atoms with Gasteiger partial charge in [0.2, 0.25) is 0 Å². The highest BCUT2D eigenvalue weighted by Gasteiger charge is 2.13. The van der Waals surface area contributed by atoms with Gasteiger partial charge in [-0.15, -0.1) is 0 Å². The van der Waals surface area contributed by atoms with Gasteiger partial charge in [-0.05, 0) is 72.8 Å². The van der Waals surface area contributed by atoms with Crippen molar-refractivity contribution in [3.05, 3.63) is 87.4 Å². The number of rotatable bonds is 8. The number of hydrogen-bond acceptors (Lipinski definition) is 5. The van der Waals surface area contributed by atoms with Crippen LogP contribution in [0.15, 0.2) is 76.8 Å². The van der Waals surface area contributed by atoms with Crippen molar-refractivity contribution in [1.29, 1.82) is 5.26 Å². The minimum atomic E-state index is -0.584. The lowest BCUT2D eigenvalue weighted by atomic mass is 10.1. The van der Waals surface area contributed by atoms with E-state index in [9.17, 15) is 14.9 Å². The van der Waals surface area contributed by atoms with E-state index in [0.717, 1.165) is 0 Å². The van der Waals surface area contributed by atoms with Gasteiger partial charge in [0.15, 0.2) is 6.61 Å². The molecule has 0 unspecified atom stereocenters. The third-order valence-electron chi connectivity index (χ3n) is 4.47. The lowest BCUT2D eigenvalue weighted by Gasteiger charge is -2.11. The van der Waals surface area contributed by atoms with Gasteiger partial charge in [0.1, 0.15) is 23.1 Å². The van der Waals surface area contributed by atoms with Crippen LogP contribution in [0.5, 0.6) is 11.5 Å². The number of methoxy groups -OCH3 is 1. The molecule has 0 saturated heterocycles. The molecule has 3 aromatic rings. The molecule has 0 radical (unpaired) electrons. The number of nitriles is 1. The van der Waals surface area contributed by atoms with Gasteiger partial charge < -0.3 is 20.1 Å². The zero-order valence-corrected chi connectivity index (χ0v) is 20.3. The number of benzene rings is 3. The molecule has 9 heteroatoms. The number of hydrogen-bond donors (Lipinski definition) is 2. The van der Waals surface area contributed by atoms with Crippen molar-refractivity contribution in [2.24, 2.45) is 0 Å². The number of nitrogens with one attached hydrogen (secondary N) is 2. The van der Waals surface area contributed by atoms with Crippen LogP contribution in [0.4, 0.5) is 11.4 Å². The van der Waals surface area contributed by atoms with Crippen LogP contribution in [-0.4, -0.2) is 25.5 Å². The van der Waals surface area contributed by atoms with E-state index < -0.39 is 5.91 Å². The SMILES string of the molecule is COc1ccc(NC(=O)/C(C#N)=C/c2cc(Br)ccc2OCC(=O)Nc2ccc(Cl)cc2)cc1. The molecule has 2 amide bonds. The molecule has 34 heavy (non-hydrogen) atoms. The Morgan fingerprint density at radius 3 is 2.32 bits per heavy atom. The minimum Gasteiger partial charge on any atom is -0.497 e. The largest absolute Gasteiger partial charge is 0.497 e. The summed E-state index contributed by atoms with van der Waals surface area (Å²) in [5, 5.41) is 15.5. The fourth-order valence-electron chi connectivity index (χ4n) is 2.81. The van der Waals surface area contributed by atoms with Gasteiger partial charge in [-0.3, -0.25) is 9.59 Å². The molecule has 0 heterocycles. The maximum absolute atomic E-state index is 12.6. The van der Waals surface area contributed by atoms with Crippen LogP contribution < -0.4 is 20.1 Å². The monoisotopic (exact) mass is 539 g/mol. The van der Waals surface area contributed by atoms with Crippen LogP contribution >= 0.6 is 27.5 Å². The smallest absolute Gasteiger partial charge is 0.266 e. The summed E-state index contributed by atoms with van der Waals surface area (Å²) in [6, 6.07) is 20.4. The van der Waals surface area contributed by atoms with Gasteiger partial charge in [-0.1, -0.05) is 27.5 Å². The Hall–Kier alpha value is -3.80. The van der Waals surface area contributed by atoms with E-state index in [0.29, 0.717) is 37.9 Å². The molecule has 0 spiro atoms. The number of nitrogens with zero attached hydrogens (tertiary/aromatic N) is 1. The normalized spacial score (nSPS) is 10.7. The molecule has 2 N–H and O–H groups in total. The summed E-state index contributed by atoms with van der Waals surface area (Å²) in [5.41, 5.74) is 1.41. The van der Waals surface area contributed by atoms with Gasteiger partial charge in [-0.25, -0.2) is 0 Å². The molecule has 0 aliphatic carbocycles. The van der Waals surface area contributed by atoms with Crippen molar-refractivity contribution in [3.63, 3.8) is 0 Å². The van der Waals surface area contributed by atoms with Crippen LogP contribution in [0.2, 0.25) is 5.02 Å². The zero-order valence-electron chi connectivity index (χ0n) is 18.0. The first-order chi connectivity index (χ1) is 16.4. The highest BCUT2D eigenvalue weighted by Crippen LogP contribution is 2.26. The van der Waals surface area contributed by atoms with E-state index in [4.69, 9.17) is 21.1 Å². The number of ether oxygens (including phenoxy) is 2. The summed E-state index contributed by atoms with van der Waals surface area (Å²) in [6.07, 6.45) is 1.40. The average Bonchev–Trinajstić information content (AvgIpc) is 2.83. The number of carbonyl (C=O) groups is 2. The molecule has 3 aromatic carbocycles. The lowest BCUT2D eigenvalue weighted by Crippen LogP contribution is -2.20. The predicted molar refractivity (Wildman–Crippen MR) is 135 cm³/mol. The molecule has 0 atom stereocenters. The Kier molecular flexibility index (Phi) is 8.68. The molecular formula is C25H19BrClN3O4. The molecule has 0 fully saturated rings. The number of anilines is 2. The first kappa shape index (κ1) is 24.8. The van der Waals surface area contributed by atoms with Gasteiger partial charge in [-0.2, -0.15) is 5.26 Å². The first-order valence-electron chi connectivity index (χ1n) is 9.93. The molecular weight excluding hydrogens is 522 g/mol. The maximum atomic E-state index is 12.6. The Bertz CT molecular complexity index is 1250. The van der Waals surface area contributed by atoms with Crippen LogP contribution in [0.3, 0.4) is 0 Å². The van der Waals surface area contributed by atoms with Crippen molar-refractivity contribution in [3.8, 4) is 17.6 Å². The van der Waals surface area contributed by atoms with Crippen molar-refractivity contribution in [2.45, 2.75) is 0 Å². The van der Waals surface area contributed by atoms with Crippen LogP contribution in [-0.2, 0) is 9.59 Å². The van der Waals surface area contributed by atoms with E-state index in [1.165, 1.54) is 6.08 Å². The third-order valence-corrected chi connectivity index (χ3v) is 5.22. The first-order valence-corrected chi connectivity index (χ1v) is 11.1. The highest BCUT2D eigenvalue weighted by atomic mass is 79.9. The quantitative estimate of drug-likeness (QED) is 0.283. The molecule has 0 aromatic heterocycles. The van der Waals surface area contributed by atoms with E-state index in [1.54, 1.807) is 73.8 Å². The van der Waals surface area contributed by atoms with Gasteiger partial charge in [0.05, 0.1) is 7.11 Å². The Morgan fingerprint density at radius 2 is 1.68 bits per heavy atom. The van der Waals surface area contributed by atoms with Crippen molar-refractivity contribution >= 4 is 56.8 Å². The summed E-state index contributed by atoms with van der Waals surface area (Å²) in [5.74, 6) is 0.0153. The van der Waals surface area contributed by atoms with Gasteiger partial charge in [0, 0.05) is 26.4 Å². The zero-order chi connectivity index (χ0) is 24.5. The van der Waals surface area contributed by atoms with Crippen LogP contribution in [0.1, 0.15) is 5.56 Å². The van der Waals surface area contributed by atoms with E-state index in [2.05, 4.69) is 26.6 Å². The van der Waals surface area contributed by atoms with E-state index in [-0.39, 0.29) is 18.1 Å². The highest BCUT2D eigenvalue weighted by molar-refractivity contribution is 9.10. The molecule has 3 rings (SSSR count). The van der Waals surface area contributed by atoms with Crippen LogP contribution in [0.25, 0.3) is 6.08 Å². The molecule has 172 valence electrons. The average molecular weight is 541 g/mol. The summed E-state index contributed by atoms with van der Waals surface area (Å²) >= 11 is 9.22. The van der Waals surface area contributed by atoms with Crippen molar-refractivity contribution in [2.75, 3.05) is 24.4 Å². The van der Waals surface area contributed by atoms with Crippen LogP contribution in [0, 0.1) is 11.3 Å². The topological polar surface area (TPSA) is 100 Å². The lowest BCUT2D eigenvalue weighted by molar-refractivity contribution is -0.118. The fourth-order valence-corrected chi connectivity index (χ4v) is 3.32. The summed E-state index contributed by atoms with van der Waals surface area (Å²) in [7, 11) is 1.54. The second kappa shape index (κ2) is 11.9. The standard InChI is InChI=1S/C25H19BrClN3O4/c1-33-22-9-7-21(8-10-22)30-25(32)17(14-28)12-16-13-18(26)2-11-23(16)34-15-24(31)29-20-5-3-19(27)4-6-20/h2-13H,15H2,1H3,(H,29,31)(H,30,32)/b17-12+. The second-order valence-electron chi connectivity index (χ2n) is 6.88. The summed E-state index contributed by atoms with van der Waals surface area (Å²) in [6.45, 7) is -0.273. The number of amides is 2. The molecule has 0 bridgehead atoms. The van der Waals surface area contributed by atoms with Crippen molar-refractivity contribution in [1.82, 2.24) is 0 Å². The summed E-state index contributed by atoms with van der Waals surface area (Å²) in [4.78, 5) is 24.9. The van der Waals surface area contributed by atoms with E-state index >= 15 is 0 Å². The fraction of sp³-hybridized carbons (Fsp3) is 0.0800. The predicted octanol–water partition coefficient (Wildman–Crippen LogP) is 5.67.